The minimum absolute atomic E-state index is 0.147. The molecule has 0 amide bonds. The van der Waals surface area contributed by atoms with Gasteiger partial charge in [0.2, 0.25) is 0 Å². The first-order valence-corrected chi connectivity index (χ1v) is 7.33. The molecule has 2 rings (SSSR count). The second-order valence-electron chi connectivity index (χ2n) is 4.85. The second kappa shape index (κ2) is 8.80. The van der Waals surface area contributed by atoms with Crippen LogP contribution in [0.25, 0.3) is 0 Å². The number of esters is 1. The van der Waals surface area contributed by atoms with Gasteiger partial charge in [0.15, 0.2) is 0 Å². The molecule has 0 heterocycles. The fourth-order valence-corrected chi connectivity index (χ4v) is 2.04. The van der Waals surface area contributed by atoms with Crippen LogP contribution in [0.5, 0.6) is 0 Å². The molecule has 0 aliphatic heterocycles. The van der Waals surface area contributed by atoms with Gasteiger partial charge in [-0.15, -0.1) is 0 Å². The lowest BCUT2D eigenvalue weighted by atomic mass is 10.1. The summed E-state index contributed by atoms with van der Waals surface area (Å²) in [6.07, 6.45) is 2.19. The van der Waals surface area contributed by atoms with E-state index in [2.05, 4.69) is 17.4 Å². The van der Waals surface area contributed by atoms with Crippen molar-refractivity contribution in [3.63, 3.8) is 0 Å². The van der Waals surface area contributed by atoms with Gasteiger partial charge in [-0.3, -0.25) is 4.79 Å². The van der Waals surface area contributed by atoms with E-state index < -0.39 is 0 Å². The molecule has 0 saturated carbocycles. The van der Waals surface area contributed by atoms with E-state index in [9.17, 15) is 4.79 Å². The highest BCUT2D eigenvalue weighted by Crippen LogP contribution is 2.05. The summed E-state index contributed by atoms with van der Waals surface area (Å²) in [4.78, 5) is 11.6. The molecule has 0 atom stereocenters. The van der Waals surface area contributed by atoms with Crippen LogP contribution in [0.4, 0.5) is 5.69 Å². The van der Waals surface area contributed by atoms with Crippen molar-refractivity contribution in [2.75, 3.05) is 18.5 Å². The summed E-state index contributed by atoms with van der Waals surface area (Å²) in [6.45, 7) is 1.08. The molecule has 3 nitrogen and oxygen atoms in total. The Labute approximate surface area is 126 Å². The van der Waals surface area contributed by atoms with Crippen molar-refractivity contribution in [1.82, 2.24) is 0 Å². The molecule has 3 heteroatoms. The summed E-state index contributed by atoms with van der Waals surface area (Å²) in [5.41, 5.74) is 2.30. The molecule has 0 bridgehead atoms. The summed E-state index contributed by atoms with van der Waals surface area (Å²) in [6, 6.07) is 20.1. The number of nitrogens with one attached hydrogen (secondary N) is 1. The number of aryl methyl sites for hydroxylation is 1. The van der Waals surface area contributed by atoms with Crippen molar-refractivity contribution in [3.05, 3.63) is 66.2 Å². The average molecular weight is 283 g/mol. The Balaban J connectivity index is 1.54. The van der Waals surface area contributed by atoms with Gasteiger partial charge in [-0.1, -0.05) is 48.5 Å². The van der Waals surface area contributed by atoms with Crippen molar-refractivity contribution in [2.24, 2.45) is 0 Å². The quantitative estimate of drug-likeness (QED) is 0.593. The molecular weight excluding hydrogens is 262 g/mol. The molecule has 110 valence electrons. The van der Waals surface area contributed by atoms with Gasteiger partial charge >= 0.3 is 5.97 Å². The van der Waals surface area contributed by atoms with Crippen LogP contribution in [-0.4, -0.2) is 19.1 Å². The number of carbonyl (C=O) groups is 1. The van der Waals surface area contributed by atoms with Crippen molar-refractivity contribution in [3.8, 4) is 0 Å². The Kier molecular flexibility index (Phi) is 6.33. The molecule has 0 unspecified atom stereocenters. The molecule has 0 aliphatic rings. The van der Waals surface area contributed by atoms with Crippen LogP contribution in [-0.2, 0) is 16.0 Å². The first-order valence-electron chi connectivity index (χ1n) is 7.33. The minimum Gasteiger partial charge on any atom is -0.466 e. The van der Waals surface area contributed by atoms with E-state index in [0.717, 1.165) is 18.5 Å². The number of ether oxygens (including phenoxy) is 1. The number of para-hydroxylation sites is 1. The lowest BCUT2D eigenvalue weighted by molar-refractivity contribution is -0.143. The fourth-order valence-electron chi connectivity index (χ4n) is 2.04. The van der Waals surface area contributed by atoms with Gasteiger partial charge in [0.1, 0.15) is 0 Å². The van der Waals surface area contributed by atoms with Crippen LogP contribution in [0, 0.1) is 0 Å². The Morgan fingerprint density at radius 3 is 2.33 bits per heavy atom. The number of anilines is 1. The van der Waals surface area contributed by atoms with Gasteiger partial charge in [-0.25, -0.2) is 0 Å². The average Bonchev–Trinajstić information content (AvgIpc) is 2.54. The summed E-state index contributed by atoms with van der Waals surface area (Å²) in [5.74, 6) is -0.147. The van der Waals surface area contributed by atoms with E-state index in [4.69, 9.17) is 4.74 Å². The molecule has 0 spiro atoms. The van der Waals surface area contributed by atoms with Crippen LogP contribution < -0.4 is 5.32 Å². The molecule has 0 radical (unpaired) electrons. The zero-order valence-electron chi connectivity index (χ0n) is 12.1. The van der Waals surface area contributed by atoms with Crippen molar-refractivity contribution >= 4 is 11.7 Å². The molecule has 0 saturated heterocycles. The lowest BCUT2D eigenvalue weighted by Crippen LogP contribution is -2.12. The van der Waals surface area contributed by atoms with Crippen LogP contribution in [0.15, 0.2) is 60.7 Å². The van der Waals surface area contributed by atoms with Crippen LogP contribution in [0.3, 0.4) is 0 Å². The van der Waals surface area contributed by atoms with Crippen molar-refractivity contribution in [2.45, 2.75) is 19.3 Å². The summed E-state index contributed by atoms with van der Waals surface area (Å²) >= 11 is 0. The maximum Gasteiger partial charge on any atom is 0.307 e. The van der Waals surface area contributed by atoms with E-state index in [1.54, 1.807) is 0 Å². The zero-order chi connectivity index (χ0) is 14.8. The number of rotatable bonds is 8. The fraction of sp³-hybridized carbons (Fsp3) is 0.278. The largest absolute Gasteiger partial charge is 0.466 e. The molecule has 2 aromatic rings. The maximum absolute atomic E-state index is 11.6. The normalized spacial score (nSPS) is 10.1. The second-order valence-corrected chi connectivity index (χ2v) is 4.85. The predicted molar refractivity (Wildman–Crippen MR) is 85.3 cm³/mol. The Morgan fingerprint density at radius 1 is 0.952 bits per heavy atom. The van der Waals surface area contributed by atoms with Crippen LogP contribution >= 0.6 is 0 Å². The van der Waals surface area contributed by atoms with Crippen molar-refractivity contribution in [1.29, 1.82) is 0 Å². The highest BCUT2D eigenvalue weighted by molar-refractivity contribution is 5.70. The van der Waals surface area contributed by atoms with Gasteiger partial charge in [0, 0.05) is 12.2 Å². The molecular formula is C18H21NO2. The van der Waals surface area contributed by atoms with E-state index in [1.165, 1.54) is 5.56 Å². The first-order chi connectivity index (χ1) is 10.3. The molecule has 1 N–H and O–H groups in total. The van der Waals surface area contributed by atoms with Crippen molar-refractivity contribution < 1.29 is 9.53 Å². The number of benzene rings is 2. The Bertz CT molecular complexity index is 525. The third-order valence-electron chi connectivity index (χ3n) is 3.15. The van der Waals surface area contributed by atoms with Gasteiger partial charge in [-0.2, -0.15) is 0 Å². The van der Waals surface area contributed by atoms with Gasteiger partial charge in [0.05, 0.1) is 13.0 Å². The number of hydrogen-bond donors (Lipinski definition) is 1. The first kappa shape index (κ1) is 15.1. The number of carbonyl (C=O) groups excluding carboxylic acids is 1. The minimum atomic E-state index is -0.147. The smallest absolute Gasteiger partial charge is 0.307 e. The Hall–Kier alpha value is -2.29. The van der Waals surface area contributed by atoms with E-state index in [1.807, 2.05) is 48.5 Å². The summed E-state index contributed by atoms with van der Waals surface area (Å²) < 4.78 is 5.22. The summed E-state index contributed by atoms with van der Waals surface area (Å²) in [7, 11) is 0. The lowest BCUT2D eigenvalue weighted by Gasteiger charge is -2.07. The topological polar surface area (TPSA) is 38.3 Å². The SMILES string of the molecule is O=C(CCNc1ccccc1)OCCCc1ccccc1. The van der Waals surface area contributed by atoms with Gasteiger partial charge in [-0.05, 0) is 30.5 Å². The molecule has 0 fully saturated rings. The summed E-state index contributed by atoms with van der Waals surface area (Å²) in [5, 5.41) is 3.19. The van der Waals surface area contributed by atoms with Crippen LogP contribution in [0.1, 0.15) is 18.4 Å². The highest BCUT2D eigenvalue weighted by atomic mass is 16.5. The van der Waals surface area contributed by atoms with E-state index in [0.29, 0.717) is 19.6 Å². The molecule has 0 aromatic heterocycles. The third kappa shape index (κ3) is 6.13. The number of hydrogen-bond acceptors (Lipinski definition) is 3. The standard InChI is InChI=1S/C18H21NO2/c20-18(13-14-19-17-11-5-2-6-12-17)21-15-7-10-16-8-3-1-4-9-16/h1-6,8-9,11-12,19H,7,10,13-15H2. The monoisotopic (exact) mass is 283 g/mol. The van der Waals surface area contributed by atoms with Gasteiger partial charge < -0.3 is 10.1 Å². The molecule has 0 aliphatic carbocycles. The van der Waals surface area contributed by atoms with E-state index >= 15 is 0 Å². The van der Waals surface area contributed by atoms with Crippen LogP contribution in [0.2, 0.25) is 0 Å². The highest BCUT2D eigenvalue weighted by Gasteiger charge is 2.02. The molecule has 21 heavy (non-hydrogen) atoms. The Morgan fingerprint density at radius 2 is 1.62 bits per heavy atom. The zero-order valence-corrected chi connectivity index (χ0v) is 12.1. The molecule has 2 aromatic carbocycles. The predicted octanol–water partition coefficient (Wildman–Crippen LogP) is 3.66. The third-order valence-corrected chi connectivity index (χ3v) is 3.15. The van der Waals surface area contributed by atoms with Gasteiger partial charge in [0.25, 0.3) is 0 Å². The maximum atomic E-state index is 11.6. The van der Waals surface area contributed by atoms with E-state index in [-0.39, 0.29) is 5.97 Å².